The van der Waals surface area contributed by atoms with Crippen molar-refractivity contribution in [2.45, 2.75) is 6.92 Å². The first kappa shape index (κ1) is 15.9. The van der Waals surface area contributed by atoms with Crippen molar-refractivity contribution in [2.24, 2.45) is 0 Å². The second kappa shape index (κ2) is 6.67. The van der Waals surface area contributed by atoms with Gasteiger partial charge in [0.1, 0.15) is 5.75 Å². The molecule has 0 atom stereocenters. The summed E-state index contributed by atoms with van der Waals surface area (Å²) >= 11 is 1.33. The molecule has 0 saturated carbocycles. The molecule has 1 aromatic carbocycles. The molecule has 0 saturated heterocycles. The lowest BCUT2D eigenvalue weighted by atomic mass is 10.1. The van der Waals surface area contributed by atoms with Crippen LogP contribution in [0.25, 0.3) is 11.3 Å². The molecule has 2 heterocycles. The fourth-order valence-corrected chi connectivity index (χ4v) is 2.92. The number of aromatic nitrogens is 2. The number of hydrogen-bond donors (Lipinski definition) is 1. The molecule has 1 amide bonds. The number of nitrogens with zero attached hydrogens (tertiary/aromatic N) is 2. The molecule has 3 aromatic rings. The molecule has 0 radical (unpaired) electrons. The zero-order valence-corrected chi connectivity index (χ0v) is 14.0. The summed E-state index contributed by atoms with van der Waals surface area (Å²) in [6.07, 6.45) is 2.56. The number of pyridine rings is 1. The van der Waals surface area contributed by atoms with Crippen LogP contribution in [0.1, 0.15) is 15.9 Å². The third kappa shape index (κ3) is 3.36. The first-order valence-corrected chi connectivity index (χ1v) is 8.05. The predicted octanol–water partition coefficient (Wildman–Crippen LogP) is 3.01. The summed E-state index contributed by atoms with van der Waals surface area (Å²) in [7, 11) is 1.61. The molecule has 0 aliphatic rings. The molecule has 2 aromatic heterocycles. The molecule has 0 aliphatic carbocycles. The number of hydrogen-bond acceptors (Lipinski definition) is 5. The lowest BCUT2D eigenvalue weighted by molar-refractivity contribution is -0.605. The molecule has 0 unspecified atom stereocenters. The molecule has 0 bridgehead atoms. The van der Waals surface area contributed by atoms with Gasteiger partial charge in [-0.15, -0.1) is 11.3 Å². The van der Waals surface area contributed by atoms with Gasteiger partial charge in [-0.05, 0) is 19.1 Å². The Hall–Kier alpha value is -2.93. The van der Waals surface area contributed by atoms with E-state index in [0.29, 0.717) is 15.4 Å². The van der Waals surface area contributed by atoms with Gasteiger partial charge in [0.15, 0.2) is 17.5 Å². The monoisotopic (exact) mass is 341 g/mol. The highest BCUT2D eigenvalue weighted by Crippen LogP contribution is 2.33. The van der Waals surface area contributed by atoms with E-state index < -0.39 is 0 Å². The molecule has 0 fully saturated rings. The van der Waals surface area contributed by atoms with Crippen LogP contribution in [0, 0.1) is 12.1 Å². The highest BCUT2D eigenvalue weighted by atomic mass is 32.1. The largest absolute Gasteiger partial charge is 0.619 e. The van der Waals surface area contributed by atoms with E-state index in [1.54, 1.807) is 7.11 Å². The summed E-state index contributed by atoms with van der Waals surface area (Å²) in [5.74, 6) is 0.416. The average molecular weight is 341 g/mol. The van der Waals surface area contributed by atoms with Crippen LogP contribution >= 0.6 is 11.3 Å². The summed E-state index contributed by atoms with van der Waals surface area (Å²) in [6.45, 7) is 2.00. The average Bonchev–Trinajstić information content (AvgIpc) is 3.03. The minimum Gasteiger partial charge on any atom is -0.619 e. The van der Waals surface area contributed by atoms with Crippen molar-refractivity contribution in [3.8, 4) is 17.0 Å². The molecule has 122 valence electrons. The van der Waals surface area contributed by atoms with Crippen LogP contribution in [0.2, 0.25) is 0 Å². The van der Waals surface area contributed by atoms with E-state index in [9.17, 15) is 10.0 Å². The minimum atomic E-state index is -0.312. The molecule has 6 nitrogen and oxygen atoms in total. The van der Waals surface area contributed by atoms with Crippen molar-refractivity contribution in [2.75, 3.05) is 12.4 Å². The number of carbonyl (C=O) groups is 1. The summed E-state index contributed by atoms with van der Waals surface area (Å²) in [5.41, 5.74) is 3.11. The van der Waals surface area contributed by atoms with Gasteiger partial charge in [0.05, 0.1) is 18.4 Å². The highest BCUT2D eigenvalue weighted by molar-refractivity contribution is 7.14. The van der Waals surface area contributed by atoms with Crippen LogP contribution < -0.4 is 14.8 Å². The van der Waals surface area contributed by atoms with Gasteiger partial charge < -0.3 is 9.94 Å². The number of aryl methyl sites for hydroxylation is 1. The summed E-state index contributed by atoms with van der Waals surface area (Å²) < 4.78 is 6.00. The maximum Gasteiger partial charge on any atom is 0.257 e. The quantitative estimate of drug-likeness (QED) is 0.584. The van der Waals surface area contributed by atoms with Crippen molar-refractivity contribution in [1.82, 2.24) is 4.98 Å². The molecule has 0 spiro atoms. The zero-order chi connectivity index (χ0) is 17.1. The number of ether oxygens (including phenoxy) is 1. The minimum absolute atomic E-state index is 0.312. The van der Waals surface area contributed by atoms with Crippen LogP contribution in [0.5, 0.6) is 5.75 Å². The molecular weight excluding hydrogens is 326 g/mol. The Labute approximate surface area is 143 Å². The van der Waals surface area contributed by atoms with Crippen LogP contribution in [0.4, 0.5) is 5.13 Å². The number of carbonyl (C=O) groups excluding carboxylic acids is 1. The zero-order valence-electron chi connectivity index (χ0n) is 13.1. The van der Waals surface area contributed by atoms with Crippen LogP contribution in [0.15, 0.2) is 48.1 Å². The van der Waals surface area contributed by atoms with Gasteiger partial charge in [-0.25, -0.2) is 4.98 Å². The third-order valence-electron chi connectivity index (χ3n) is 3.42. The molecule has 24 heavy (non-hydrogen) atoms. The highest BCUT2D eigenvalue weighted by Gasteiger charge is 2.13. The molecule has 0 aliphatic heterocycles. The Bertz CT molecular complexity index is 875. The normalized spacial score (nSPS) is 10.4. The lowest BCUT2D eigenvalue weighted by Crippen LogP contribution is -2.25. The number of thiazole rings is 1. The second-order valence-electron chi connectivity index (χ2n) is 5.14. The van der Waals surface area contributed by atoms with E-state index in [4.69, 9.17) is 4.74 Å². The van der Waals surface area contributed by atoms with Gasteiger partial charge in [-0.1, -0.05) is 11.6 Å². The Balaban J connectivity index is 1.82. The van der Waals surface area contributed by atoms with E-state index in [-0.39, 0.29) is 5.91 Å². The topological polar surface area (TPSA) is 78.2 Å². The Kier molecular flexibility index (Phi) is 4.43. The Morgan fingerprint density at radius 1 is 1.29 bits per heavy atom. The lowest BCUT2D eigenvalue weighted by Gasteiger charge is -2.07. The molecular formula is C17H15N3O3S. The van der Waals surface area contributed by atoms with Crippen molar-refractivity contribution >= 4 is 22.4 Å². The number of benzene rings is 1. The van der Waals surface area contributed by atoms with E-state index in [1.807, 2.05) is 30.5 Å². The Morgan fingerprint density at radius 2 is 2.04 bits per heavy atom. The molecule has 3 rings (SSSR count). The predicted molar refractivity (Wildman–Crippen MR) is 92.2 cm³/mol. The standard InChI is InChI=1S/C17H15N3O3S/c1-11-3-4-15(23-2)13(9-11)14-10-24-17(18-14)19-16(21)12-5-7-20(22)8-6-12/h3-10H,1-2H3,(H,18,19,21). The van der Waals surface area contributed by atoms with Gasteiger partial charge in [0.2, 0.25) is 0 Å². The molecule has 1 N–H and O–H groups in total. The van der Waals surface area contributed by atoms with Crippen LogP contribution in [-0.4, -0.2) is 18.0 Å². The van der Waals surface area contributed by atoms with Gasteiger partial charge in [0.25, 0.3) is 5.91 Å². The first-order valence-electron chi connectivity index (χ1n) is 7.17. The van der Waals surface area contributed by atoms with Crippen molar-refractivity contribution < 1.29 is 14.3 Å². The smallest absolute Gasteiger partial charge is 0.257 e. The van der Waals surface area contributed by atoms with Crippen molar-refractivity contribution in [1.29, 1.82) is 0 Å². The first-order chi connectivity index (χ1) is 11.6. The maximum absolute atomic E-state index is 12.2. The fraction of sp³-hybridized carbons (Fsp3) is 0.118. The van der Waals surface area contributed by atoms with E-state index in [0.717, 1.165) is 22.6 Å². The Morgan fingerprint density at radius 3 is 2.75 bits per heavy atom. The van der Waals surface area contributed by atoms with E-state index in [2.05, 4.69) is 10.3 Å². The van der Waals surface area contributed by atoms with Crippen molar-refractivity contribution in [3.05, 3.63) is 64.4 Å². The summed E-state index contributed by atoms with van der Waals surface area (Å²) in [5, 5.41) is 16.1. The van der Waals surface area contributed by atoms with Crippen LogP contribution in [-0.2, 0) is 0 Å². The number of rotatable bonds is 4. The van der Waals surface area contributed by atoms with Gasteiger partial charge in [-0.2, -0.15) is 4.73 Å². The molecule has 7 heteroatoms. The fourth-order valence-electron chi connectivity index (χ4n) is 2.21. The second-order valence-corrected chi connectivity index (χ2v) is 6.00. The number of amides is 1. The number of nitrogens with one attached hydrogen (secondary N) is 1. The van der Waals surface area contributed by atoms with Gasteiger partial charge >= 0.3 is 0 Å². The summed E-state index contributed by atoms with van der Waals surface area (Å²) in [4.78, 5) is 16.6. The third-order valence-corrected chi connectivity index (χ3v) is 4.18. The van der Waals surface area contributed by atoms with E-state index >= 15 is 0 Å². The van der Waals surface area contributed by atoms with Gasteiger partial charge in [-0.3, -0.25) is 10.1 Å². The van der Waals surface area contributed by atoms with Gasteiger partial charge in [0, 0.05) is 23.1 Å². The van der Waals surface area contributed by atoms with E-state index in [1.165, 1.54) is 35.9 Å². The summed E-state index contributed by atoms with van der Waals surface area (Å²) in [6, 6.07) is 8.77. The maximum atomic E-state index is 12.2. The number of methoxy groups -OCH3 is 1. The number of anilines is 1. The SMILES string of the molecule is COc1ccc(C)cc1-c1csc(NC(=O)c2cc[n+]([O-])cc2)n1. The van der Waals surface area contributed by atoms with Crippen molar-refractivity contribution in [3.63, 3.8) is 0 Å². The van der Waals surface area contributed by atoms with Crippen LogP contribution in [0.3, 0.4) is 0 Å².